The topological polar surface area (TPSA) is 92.8 Å². The number of nitrogens with one attached hydrogen (secondary N) is 1. The number of fused-ring (bicyclic) bond motifs is 5. The van der Waals surface area contributed by atoms with Gasteiger partial charge in [0.15, 0.2) is 6.61 Å². The van der Waals surface area contributed by atoms with Gasteiger partial charge in [-0.25, -0.2) is 4.79 Å². The molecule has 5 atom stereocenters. The number of imide groups is 1. The van der Waals surface area contributed by atoms with E-state index in [1.54, 1.807) is 0 Å². The van der Waals surface area contributed by atoms with Gasteiger partial charge in [0, 0.05) is 16.6 Å². The third-order valence-corrected chi connectivity index (χ3v) is 8.34. The maximum absolute atomic E-state index is 13.4. The number of esters is 1. The van der Waals surface area contributed by atoms with E-state index in [0.717, 1.165) is 32.5 Å². The summed E-state index contributed by atoms with van der Waals surface area (Å²) in [4.78, 5) is 53.7. The molecule has 1 saturated heterocycles. The fourth-order valence-corrected chi connectivity index (χ4v) is 6.14. The Labute approximate surface area is 218 Å². The molecule has 5 rings (SSSR count). The number of carbonyl (C=O) groups is 4. The van der Waals surface area contributed by atoms with Crippen LogP contribution in [0.2, 0.25) is 0 Å². The number of hydrogen-bond donors (Lipinski definition) is 1. The molecule has 0 aromatic heterocycles. The summed E-state index contributed by atoms with van der Waals surface area (Å²) in [6.07, 6.45) is 4.97. The van der Waals surface area contributed by atoms with Gasteiger partial charge in [-0.15, -0.1) is 0 Å². The summed E-state index contributed by atoms with van der Waals surface area (Å²) in [5.41, 5.74) is 3.23. The molecule has 3 amide bonds. The smallest absolute Gasteiger partial charge is 0.330 e. The molecule has 8 heteroatoms. The van der Waals surface area contributed by atoms with Crippen molar-refractivity contribution >= 4 is 45.3 Å². The number of nitrogens with zero attached hydrogens (tertiary/aromatic N) is 1. The lowest BCUT2D eigenvalue weighted by Gasteiger charge is -2.26. The van der Waals surface area contributed by atoms with Gasteiger partial charge in [-0.05, 0) is 60.9 Å². The predicted octanol–water partition coefficient (Wildman–Crippen LogP) is 3.97. The number of ether oxygens (including phenoxy) is 1. The van der Waals surface area contributed by atoms with Crippen molar-refractivity contribution in [1.29, 1.82) is 0 Å². The fraction of sp³-hybridized carbons (Fsp3) is 0.357. The standard InChI is InChI=1S/C28H27BrN2O5/c1-15-11-21(16(2)10-20(15)29)30-23(32)14-36-28(35)22(12-17-6-4-3-5-7-17)31-26(33)24-18-8-9-19(13-18)25(24)27(31)34/h3-11,18-19,22,24-25H,12-14H2,1-2H3,(H,30,32)/t18-,19-,22-,24+,25+/m0/s1. The van der Waals surface area contributed by atoms with E-state index in [2.05, 4.69) is 21.2 Å². The number of likely N-dealkylation sites (tertiary alicyclic amines) is 1. The molecule has 0 unspecified atom stereocenters. The average molecular weight is 551 g/mol. The van der Waals surface area contributed by atoms with Crippen molar-refractivity contribution in [3.8, 4) is 0 Å². The predicted molar refractivity (Wildman–Crippen MR) is 137 cm³/mol. The first-order chi connectivity index (χ1) is 17.2. The number of anilines is 1. The first-order valence-electron chi connectivity index (χ1n) is 12.1. The molecule has 0 radical (unpaired) electrons. The molecule has 2 aliphatic carbocycles. The van der Waals surface area contributed by atoms with Crippen molar-refractivity contribution < 1.29 is 23.9 Å². The summed E-state index contributed by atoms with van der Waals surface area (Å²) in [6.45, 7) is 3.26. The highest BCUT2D eigenvalue weighted by Crippen LogP contribution is 2.53. The highest BCUT2D eigenvalue weighted by atomic mass is 79.9. The minimum atomic E-state index is -1.12. The Kier molecular flexibility index (Phi) is 6.55. The molecule has 2 aromatic rings. The molecule has 2 fully saturated rings. The molecule has 186 valence electrons. The van der Waals surface area contributed by atoms with Crippen molar-refractivity contribution in [3.05, 3.63) is 75.8 Å². The summed E-state index contributed by atoms with van der Waals surface area (Å²) in [5, 5.41) is 2.77. The van der Waals surface area contributed by atoms with Gasteiger partial charge in [0.05, 0.1) is 11.8 Å². The molecular formula is C28H27BrN2O5. The Morgan fingerprint density at radius 3 is 2.31 bits per heavy atom. The molecule has 36 heavy (non-hydrogen) atoms. The van der Waals surface area contributed by atoms with Crippen molar-refractivity contribution in [3.63, 3.8) is 0 Å². The molecule has 1 saturated carbocycles. The van der Waals surface area contributed by atoms with Gasteiger partial charge in [-0.1, -0.05) is 58.4 Å². The lowest BCUT2D eigenvalue weighted by atomic mass is 9.85. The Balaban J connectivity index is 1.32. The van der Waals surface area contributed by atoms with Crippen LogP contribution in [-0.2, 0) is 30.3 Å². The Bertz CT molecular complexity index is 1240. The van der Waals surface area contributed by atoms with Gasteiger partial charge in [0.1, 0.15) is 6.04 Å². The summed E-state index contributed by atoms with van der Waals surface area (Å²) in [5.74, 6) is -2.63. The summed E-state index contributed by atoms with van der Waals surface area (Å²) in [6, 6.07) is 11.8. The fourth-order valence-electron chi connectivity index (χ4n) is 5.68. The van der Waals surface area contributed by atoms with Crippen LogP contribution in [0.1, 0.15) is 23.1 Å². The van der Waals surface area contributed by atoms with Gasteiger partial charge in [-0.3, -0.25) is 19.3 Å². The zero-order chi connectivity index (χ0) is 25.6. The van der Waals surface area contributed by atoms with Crippen molar-refractivity contribution in [2.75, 3.05) is 11.9 Å². The van der Waals surface area contributed by atoms with Crippen LogP contribution in [-0.4, -0.2) is 41.2 Å². The monoisotopic (exact) mass is 550 g/mol. The Morgan fingerprint density at radius 2 is 1.67 bits per heavy atom. The Hall–Kier alpha value is -3.26. The highest BCUT2D eigenvalue weighted by molar-refractivity contribution is 9.10. The van der Waals surface area contributed by atoms with Crippen LogP contribution >= 0.6 is 15.9 Å². The molecule has 0 spiro atoms. The number of carbonyl (C=O) groups excluding carboxylic acids is 4. The zero-order valence-corrected chi connectivity index (χ0v) is 21.7. The van der Waals surface area contributed by atoms with E-state index in [9.17, 15) is 19.2 Å². The second kappa shape index (κ2) is 9.65. The molecule has 1 heterocycles. The highest BCUT2D eigenvalue weighted by Gasteiger charge is 2.61. The number of amides is 3. The van der Waals surface area contributed by atoms with Crippen LogP contribution in [0, 0.1) is 37.5 Å². The van der Waals surface area contributed by atoms with Gasteiger partial charge in [-0.2, -0.15) is 0 Å². The molecule has 7 nitrogen and oxygen atoms in total. The summed E-state index contributed by atoms with van der Waals surface area (Å²) < 4.78 is 6.31. The van der Waals surface area contributed by atoms with Crippen molar-refractivity contribution in [2.45, 2.75) is 32.7 Å². The molecule has 2 aromatic carbocycles. The maximum atomic E-state index is 13.4. The van der Waals surface area contributed by atoms with Crippen LogP contribution in [0.4, 0.5) is 5.69 Å². The van der Waals surface area contributed by atoms with E-state index < -0.39 is 36.4 Å². The minimum Gasteiger partial charge on any atom is -0.454 e. The van der Waals surface area contributed by atoms with Gasteiger partial charge < -0.3 is 10.1 Å². The number of hydrogen-bond acceptors (Lipinski definition) is 5. The normalized spacial score (nSPS) is 24.7. The molecule has 2 bridgehead atoms. The van der Waals surface area contributed by atoms with Crippen molar-refractivity contribution in [1.82, 2.24) is 4.90 Å². The molecule has 3 aliphatic rings. The minimum absolute atomic E-state index is 0.0400. The first kappa shape index (κ1) is 24.4. The Morgan fingerprint density at radius 1 is 1.03 bits per heavy atom. The van der Waals surface area contributed by atoms with Gasteiger partial charge >= 0.3 is 5.97 Å². The van der Waals surface area contributed by atoms with E-state index in [1.807, 2.05) is 68.5 Å². The molecular weight excluding hydrogens is 524 g/mol. The summed E-state index contributed by atoms with van der Waals surface area (Å²) in [7, 11) is 0. The molecule has 1 N–H and O–H groups in total. The maximum Gasteiger partial charge on any atom is 0.330 e. The average Bonchev–Trinajstić information content (AvgIpc) is 3.54. The summed E-state index contributed by atoms with van der Waals surface area (Å²) >= 11 is 3.46. The number of aryl methyl sites for hydroxylation is 2. The number of halogens is 1. The third-order valence-electron chi connectivity index (χ3n) is 7.49. The van der Waals surface area contributed by atoms with Crippen LogP contribution in [0.25, 0.3) is 0 Å². The van der Waals surface area contributed by atoms with E-state index in [1.165, 1.54) is 0 Å². The van der Waals surface area contributed by atoms with E-state index in [0.29, 0.717) is 5.69 Å². The van der Waals surface area contributed by atoms with E-state index >= 15 is 0 Å². The second-order valence-corrected chi connectivity index (χ2v) is 10.7. The van der Waals surface area contributed by atoms with Crippen molar-refractivity contribution in [2.24, 2.45) is 23.7 Å². The quantitative estimate of drug-likeness (QED) is 0.320. The SMILES string of the molecule is Cc1cc(NC(=O)COC(=O)[C@H](Cc2ccccc2)N2C(=O)[C@H]3[C@H](C2=O)[C@H]2C=C[C@H]3C2)c(C)cc1Br. The van der Waals surface area contributed by atoms with E-state index in [4.69, 9.17) is 4.74 Å². The van der Waals surface area contributed by atoms with Crippen LogP contribution in [0.3, 0.4) is 0 Å². The molecule has 1 aliphatic heterocycles. The number of benzene rings is 2. The largest absolute Gasteiger partial charge is 0.454 e. The van der Waals surface area contributed by atoms with Crippen LogP contribution in [0.5, 0.6) is 0 Å². The number of rotatable bonds is 7. The van der Waals surface area contributed by atoms with Crippen LogP contribution < -0.4 is 5.32 Å². The first-order valence-corrected chi connectivity index (χ1v) is 12.9. The van der Waals surface area contributed by atoms with Gasteiger partial charge in [0.2, 0.25) is 11.8 Å². The second-order valence-electron chi connectivity index (χ2n) is 9.82. The van der Waals surface area contributed by atoms with Crippen LogP contribution in [0.15, 0.2) is 59.1 Å². The van der Waals surface area contributed by atoms with E-state index in [-0.39, 0.29) is 30.1 Å². The number of allylic oxidation sites excluding steroid dienone is 2. The lowest BCUT2D eigenvalue weighted by Crippen LogP contribution is -2.48. The van der Waals surface area contributed by atoms with Gasteiger partial charge in [0.25, 0.3) is 5.91 Å². The zero-order valence-electron chi connectivity index (χ0n) is 20.1. The third kappa shape index (κ3) is 4.39. The lowest BCUT2D eigenvalue weighted by molar-refractivity contribution is -0.160.